The van der Waals surface area contributed by atoms with E-state index in [4.69, 9.17) is 5.11 Å². The van der Waals surface area contributed by atoms with Gasteiger partial charge in [-0.25, -0.2) is 9.59 Å². The van der Waals surface area contributed by atoms with Gasteiger partial charge in [0, 0.05) is 29.4 Å². The summed E-state index contributed by atoms with van der Waals surface area (Å²) < 4.78 is 10.7. The van der Waals surface area contributed by atoms with E-state index in [1.807, 2.05) is 6.92 Å². The Labute approximate surface area is 97.3 Å². The molecule has 3 N–H and O–H groups in total. The molecule has 0 aliphatic carbocycles. The summed E-state index contributed by atoms with van der Waals surface area (Å²) in [5.74, 6) is -0.685. The molecular weight excluding hydrogens is 232 g/mol. The molecule has 2 amide bonds. The highest BCUT2D eigenvalue weighted by atomic mass is 32.2. The molecule has 0 heterocycles. The van der Waals surface area contributed by atoms with Crippen LogP contribution in [0.3, 0.4) is 0 Å². The highest BCUT2D eigenvalue weighted by Crippen LogP contribution is 1.96. The average molecular weight is 250 g/mol. The number of hydrogen-bond donors (Lipinski definition) is 3. The van der Waals surface area contributed by atoms with Crippen molar-refractivity contribution in [1.82, 2.24) is 10.6 Å². The van der Waals surface area contributed by atoms with Crippen molar-refractivity contribution in [2.45, 2.75) is 25.8 Å². The largest absolute Gasteiger partial charge is 0.480 e. The highest BCUT2D eigenvalue weighted by Gasteiger charge is 2.18. The summed E-state index contributed by atoms with van der Waals surface area (Å²) in [6.45, 7) is 2.11. The van der Waals surface area contributed by atoms with Crippen LogP contribution in [0.5, 0.6) is 0 Å². The lowest BCUT2D eigenvalue weighted by molar-refractivity contribution is -0.139. The molecule has 0 spiro atoms. The Morgan fingerprint density at radius 2 is 2.06 bits per heavy atom. The van der Waals surface area contributed by atoms with E-state index in [0.717, 1.165) is 0 Å². The number of carboxylic acid groups (broad SMARTS) is 1. The second-order valence-electron chi connectivity index (χ2n) is 3.36. The Hall–Kier alpha value is -1.11. The molecule has 0 rings (SSSR count). The van der Waals surface area contributed by atoms with Crippen LogP contribution in [0.2, 0.25) is 0 Å². The average Bonchev–Trinajstić information content (AvgIpc) is 2.16. The second kappa shape index (κ2) is 8.09. The van der Waals surface area contributed by atoms with Crippen molar-refractivity contribution in [1.29, 1.82) is 0 Å². The van der Waals surface area contributed by atoms with Crippen LogP contribution >= 0.6 is 0 Å². The third kappa shape index (κ3) is 7.22. The van der Waals surface area contributed by atoms with Gasteiger partial charge in [-0.3, -0.25) is 4.21 Å². The van der Waals surface area contributed by atoms with Gasteiger partial charge in [-0.1, -0.05) is 13.3 Å². The Morgan fingerprint density at radius 3 is 2.50 bits per heavy atom. The molecule has 16 heavy (non-hydrogen) atoms. The fraction of sp³-hybridized carbons (Fsp3) is 0.778. The van der Waals surface area contributed by atoms with E-state index in [1.165, 1.54) is 6.26 Å². The van der Waals surface area contributed by atoms with Gasteiger partial charge in [0.05, 0.1) is 0 Å². The summed E-state index contributed by atoms with van der Waals surface area (Å²) in [7, 11) is -0.966. The van der Waals surface area contributed by atoms with E-state index < -0.39 is 28.8 Å². The quantitative estimate of drug-likeness (QED) is 0.589. The van der Waals surface area contributed by atoms with Crippen LogP contribution in [0.4, 0.5) is 4.79 Å². The van der Waals surface area contributed by atoms with Crippen molar-refractivity contribution in [2.75, 3.05) is 18.6 Å². The van der Waals surface area contributed by atoms with E-state index >= 15 is 0 Å². The summed E-state index contributed by atoms with van der Waals surface area (Å²) in [6, 6.07) is -1.40. The maximum atomic E-state index is 11.2. The smallest absolute Gasteiger partial charge is 0.326 e. The zero-order valence-electron chi connectivity index (χ0n) is 9.49. The Balaban J connectivity index is 3.90. The topological polar surface area (TPSA) is 95.5 Å². The van der Waals surface area contributed by atoms with E-state index in [2.05, 4.69) is 10.6 Å². The Bertz CT molecular complexity index is 270. The van der Waals surface area contributed by atoms with Crippen LogP contribution in [-0.4, -0.2) is 45.9 Å². The second-order valence-corrected chi connectivity index (χ2v) is 4.91. The first-order chi connectivity index (χ1) is 7.47. The molecule has 0 aliphatic rings. The molecule has 0 fully saturated rings. The first kappa shape index (κ1) is 14.9. The SMILES string of the molecule is CCC[C@H](NC(=O)NCCS(C)=O)C(=O)O. The van der Waals surface area contributed by atoms with Crippen molar-refractivity contribution in [3.63, 3.8) is 0 Å². The predicted octanol–water partition coefficient (Wildman–Crippen LogP) is -0.0826. The standard InChI is InChI=1S/C9H18N2O4S/c1-3-4-7(8(12)13)11-9(14)10-5-6-16(2)15/h7H,3-6H2,1-2H3,(H,12,13)(H2,10,11,14)/t7-,16?/m0/s1. The fourth-order valence-corrected chi connectivity index (χ4v) is 1.45. The molecule has 0 aliphatic heterocycles. The van der Waals surface area contributed by atoms with Gasteiger partial charge in [0.15, 0.2) is 0 Å². The minimum atomic E-state index is -1.05. The molecule has 1 unspecified atom stereocenters. The van der Waals surface area contributed by atoms with Crippen LogP contribution in [0.25, 0.3) is 0 Å². The third-order valence-electron chi connectivity index (χ3n) is 1.86. The number of urea groups is 1. The van der Waals surface area contributed by atoms with Crippen LogP contribution < -0.4 is 10.6 Å². The lowest BCUT2D eigenvalue weighted by Gasteiger charge is -2.13. The maximum Gasteiger partial charge on any atom is 0.326 e. The number of rotatable bonds is 7. The number of carboxylic acids is 1. The molecule has 0 aromatic carbocycles. The number of hydrogen-bond acceptors (Lipinski definition) is 3. The molecule has 0 bridgehead atoms. The maximum absolute atomic E-state index is 11.2. The molecule has 0 saturated carbocycles. The first-order valence-corrected chi connectivity index (χ1v) is 6.77. The number of aliphatic carboxylic acids is 1. The van der Waals surface area contributed by atoms with Gasteiger partial charge in [0.25, 0.3) is 0 Å². The molecule has 0 radical (unpaired) electrons. The van der Waals surface area contributed by atoms with Gasteiger partial charge in [-0.15, -0.1) is 0 Å². The monoisotopic (exact) mass is 250 g/mol. The molecule has 0 aromatic heterocycles. The fourth-order valence-electron chi connectivity index (χ4n) is 1.06. The molecule has 0 saturated heterocycles. The van der Waals surface area contributed by atoms with Crippen LogP contribution in [0.1, 0.15) is 19.8 Å². The Morgan fingerprint density at radius 1 is 1.44 bits per heavy atom. The van der Waals surface area contributed by atoms with E-state index in [0.29, 0.717) is 18.6 Å². The Kier molecular flexibility index (Phi) is 7.53. The van der Waals surface area contributed by atoms with Crippen LogP contribution in [-0.2, 0) is 15.6 Å². The lowest BCUT2D eigenvalue weighted by Crippen LogP contribution is -2.46. The molecule has 2 atom stereocenters. The van der Waals surface area contributed by atoms with Crippen LogP contribution in [0.15, 0.2) is 0 Å². The van der Waals surface area contributed by atoms with E-state index in [9.17, 15) is 13.8 Å². The summed E-state index contributed by atoms with van der Waals surface area (Å²) in [5.41, 5.74) is 0. The van der Waals surface area contributed by atoms with Gasteiger partial charge in [-0.05, 0) is 6.42 Å². The number of amides is 2. The van der Waals surface area contributed by atoms with Gasteiger partial charge >= 0.3 is 12.0 Å². The predicted molar refractivity (Wildman–Crippen MR) is 61.8 cm³/mol. The highest BCUT2D eigenvalue weighted by molar-refractivity contribution is 7.84. The van der Waals surface area contributed by atoms with Crippen molar-refractivity contribution in [3.8, 4) is 0 Å². The van der Waals surface area contributed by atoms with E-state index in [1.54, 1.807) is 0 Å². The van der Waals surface area contributed by atoms with Gasteiger partial charge in [0.1, 0.15) is 6.04 Å². The minimum absolute atomic E-state index is 0.271. The van der Waals surface area contributed by atoms with Crippen molar-refractivity contribution >= 4 is 22.8 Å². The van der Waals surface area contributed by atoms with E-state index in [-0.39, 0.29) is 6.54 Å². The van der Waals surface area contributed by atoms with Crippen LogP contribution in [0, 0.1) is 0 Å². The van der Waals surface area contributed by atoms with Gasteiger partial charge in [0.2, 0.25) is 0 Å². The number of nitrogens with one attached hydrogen (secondary N) is 2. The summed E-state index contributed by atoms with van der Waals surface area (Å²) in [6.07, 6.45) is 2.61. The lowest BCUT2D eigenvalue weighted by atomic mass is 10.2. The summed E-state index contributed by atoms with van der Waals surface area (Å²) >= 11 is 0. The molecule has 6 nitrogen and oxygen atoms in total. The number of carbonyl (C=O) groups excluding carboxylic acids is 1. The number of carbonyl (C=O) groups is 2. The first-order valence-electron chi connectivity index (χ1n) is 5.04. The summed E-state index contributed by atoms with van der Waals surface area (Å²) in [4.78, 5) is 21.9. The molecule has 94 valence electrons. The van der Waals surface area contributed by atoms with Gasteiger partial charge in [-0.2, -0.15) is 0 Å². The molecule has 0 aromatic rings. The third-order valence-corrected chi connectivity index (χ3v) is 2.63. The molecular formula is C9H18N2O4S. The minimum Gasteiger partial charge on any atom is -0.480 e. The van der Waals surface area contributed by atoms with Gasteiger partial charge < -0.3 is 15.7 Å². The van der Waals surface area contributed by atoms with Crippen molar-refractivity contribution in [2.24, 2.45) is 0 Å². The van der Waals surface area contributed by atoms with Crippen molar-refractivity contribution in [3.05, 3.63) is 0 Å². The normalized spacial score (nSPS) is 13.9. The van der Waals surface area contributed by atoms with Crippen molar-refractivity contribution < 1.29 is 18.9 Å². The zero-order valence-corrected chi connectivity index (χ0v) is 10.3. The summed E-state index contributed by atoms with van der Waals surface area (Å²) in [5, 5.41) is 13.6. The molecule has 7 heteroatoms. The zero-order chi connectivity index (χ0) is 12.6.